The summed E-state index contributed by atoms with van der Waals surface area (Å²) in [6, 6.07) is 4.48. The smallest absolute Gasteiger partial charge is 0.284 e. The summed E-state index contributed by atoms with van der Waals surface area (Å²) in [7, 11) is 0. The van der Waals surface area contributed by atoms with Crippen LogP contribution < -0.4 is 5.32 Å². The predicted molar refractivity (Wildman–Crippen MR) is 82.1 cm³/mol. The van der Waals surface area contributed by atoms with Crippen molar-refractivity contribution < 1.29 is 9.72 Å². The van der Waals surface area contributed by atoms with Crippen LogP contribution in [0.1, 0.15) is 36.0 Å². The third kappa shape index (κ3) is 3.43. The Hall–Kier alpha value is -1.43. The van der Waals surface area contributed by atoms with E-state index in [2.05, 4.69) is 21.2 Å². The molecule has 0 atom stereocenters. The van der Waals surface area contributed by atoms with Crippen LogP contribution in [-0.2, 0) is 0 Å². The topological polar surface area (TPSA) is 72.2 Å². The first-order valence-corrected chi connectivity index (χ1v) is 8.07. The van der Waals surface area contributed by atoms with Crippen molar-refractivity contribution >= 4 is 27.5 Å². The van der Waals surface area contributed by atoms with Gasteiger partial charge in [0, 0.05) is 18.2 Å². The van der Waals surface area contributed by atoms with Crippen LogP contribution in [0.25, 0.3) is 0 Å². The second-order valence-corrected chi connectivity index (χ2v) is 6.83. The number of nitrogens with zero attached hydrogens (tertiary/aromatic N) is 1. The fourth-order valence-electron chi connectivity index (χ4n) is 2.87. The third-order valence-electron chi connectivity index (χ3n) is 4.36. The molecule has 1 aromatic carbocycles. The Balaban J connectivity index is 1.64. The van der Waals surface area contributed by atoms with Crippen molar-refractivity contribution in [1.29, 1.82) is 0 Å². The SMILES string of the molecule is O=C(NCC(C1CC1)C1CC1)c1ccc(Br)c([N+](=O)[O-])c1. The van der Waals surface area contributed by atoms with E-state index >= 15 is 0 Å². The van der Waals surface area contributed by atoms with E-state index in [-0.39, 0.29) is 11.6 Å². The van der Waals surface area contributed by atoms with Gasteiger partial charge in [0.2, 0.25) is 0 Å². The molecule has 2 fully saturated rings. The minimum Gasteiger partial charge on any atom is -0.352 e. The molecule has 0 radical (unpaired) electrons. The lowest BCUT2D eigenvalue weighted by atomic mass is 9.98. The Morgan fingerprint density at radius 3 is 2.48 bits per heavy atom. The average molecular weight is 353 g/mol. The number of hydrogen-bond donors (Lipinski definition) is 1. The first kappa shape index (κ1) is 14.5. The molecule has 0 bridgehead atoms. The highest BCUT2D eigenvalue weighted by Gasteiger charge is 2.41. The van der Waals surface area contributed by atoms with Gasteiger partial charge in [0.05, 0.1) is 9.40 Å². The molecule has 0 aliphatic heterocycles. The highest BCUT2D eigenvalue weighted by molar-refractivity contribution is 9.10. The molecule has 6 heteroatoms. The summed E-state index contributed by atoms with van der Waals surface area (Å²) in [6.45, 7) is 0.692. The maximum atomic E-state index is 12.2. The van der Waals surface area contributed by atoms with E-state index in [0.717, 1.165) is 11.8 Å². The fraction of sp³-hybridized carbons (Fsp3) is 0.533. The van der Waals surface area contributed by atoms with Gasteiger partial charge in [0.25, 0.3) is 11.6 Å². The molecule has 112 valence electrons. The fourth-order valence-corrected chi connectivity index (χ4v) is 3.26. The summed E-state index contributed by atoms with van der Waals surface area (Å²) in [4.78, 5) is 22.6. The van der Waals surface area contributed by atoms with Crippen LogP contribution in [0.2, 0.25) is 0 Å². The van der Waals surface area contributed by atoms with Gasteiger partial charge < -0.3 is 5.32 Å². The summed E-state index contributed by atoms with van der Waals surface area (Å²) < 4.78 is 0.387. The molecule has 2 aliphatic rings. The van der Waals surface area contributed by atoms with Gasteiger partial charge in [-0.15, -0.1) is 0 Å². The van der Waals surface area contributed by atoms with Gasteiger partial charge in [-0.1, -0.05) is 0 Å². The Morgan fingerprint density at radius 2 is 1.95 bits per heavy atom. The van der Waals surface area contributed by atoms with Gasteiger partial charge in [0.15, 0.2) is 0 Å². The van der Waals surface area contributed by atoms with Crippen LogP contribution in [0.15, 0.2) is 22.7 Å². The highest BCUT2D eigenvalue weighted by atomic mass is 79.9. The Morgan fingerprint density at radius 1 is 1.33 bits per heavy atom. The lowest BCUT2D eigenvalue weighted by Gasteiger charge is -2.16. The molecule has 2 aliphatic carbocycles. The van der Waals surface area contributed by atoms with Crippen LogP contribution in [0.4, 0.5) is 5.69 Å². The second kappa shape index (κ2) is 5.75. The van der Waals surface area contributed by atoms with Crippen molar-refractivity contribution in [3.05, 3.63) is 38.3 Å². The molecule has 1 N–H and O–H groups in total. The number of rotatable bonds is 6. The van der Waals surface area contributed by atoms with Crippen LogP contribution in [0.3, 0.4) is 0 Å². The van der Waals surface area contributed by atoms with Crippen LogP contribution in [0, 0.1) is 27.9 Å². The number of amides is 1. The largest absolute Gasteiger partial charge is 0.352 e. The van der Waals surface area contributed by atoms with Gasteiger partial charge in [-0.05, 0) is 71.5 Å². The van der Waals surface area contributed by atoms with Gasteiger partial charge in [-0.3, -0.25) is 14.9 Å². The zero-order valence-electron chi connectivity index (χ0n) is 11.5. The quantitative estimate of drug-likeness (QED) is 0.628. The molecule has 0 aromatic heterocycles. The zero-order chi connectivity index (χ0) is 15.0. The van der Waals surface area contributed by atoms with Crippen molar-refractivity contribution in [2.45, 2.75) is 25.7 Å². The van der Waals surface area contributed by atoms with E-state index in [1.807, 2.05) is 0 Å². The molecule has 2 saturated carbocycles. The first-order valence-electron chi connectivity index (χ1n) is 7.28. The lowest BCUT2D eigenvalue weighted by molar-refractivity contribution is -0.385. The zero-order valence-corrected chi connectivity index (χ0v) is 13.1. The normalized spacial score (nSPS) is 17.8. The van der Waals surface area contributed by atoms with Crippen molar-refractivity contribution in [2.75, 3.05) is 6.54 Å². The predicted octanol–water partition coefficient (Wildman–Crippen LogP) is 3.52. The first-order chi connectivity index (χ1) is 10.1. The van der Waals surface area contributed by atoms with E-state index in [1.165, 1.54) is 31.7 Å². The monoisotopic (exact) mass is 352 g/mol. The molecule has 0 unspecified atom stereocenters. The molecule has 21 heavy (non-hydrogen) atoms. The number of carbonyl (C=O) groups is 1. The number of nitro benzene ring substituents is 1. The number of nitrogens with one attached hydrogen (secondary N) is 1. The molecular formula is C15H17BrN2O3. The number of halogens is 1. The van der Waals surface area contributed by atoms with E-state index < -0.39 is 4.92 Å². The van der Waals surface area contributed by atoms with E-state index in [4.69, 9.17) is 0 Å². The maximum Gasteiger partial charge on any atom is 0.284 e. The third-order valence-corrected chi connectivity index (χ3v) is 5.03. The van der Waals surface area contributed by atoms with Crippen LogP contribution >= 0.6 is 15.9 Å². The van der Waals surface area contributed by atoms with E-state index in [1.54, 1.807) is 12.1 Å². The average Bonchev–Trinajstić information content (AvgIpc) is 3.32. The Kier molecular flexibility index (Phi) is 3.97. The van der Waals surface area contributed by atoms with Gasteiger partial charge >= 0.3 is 0 Å². The number of hydrogen-bond acceptors (Lipinski definition) is 3. The molecule has 1 aromatic rings. The molecule has 3 rings (SSSR count). The number of carbonyl (C=O) groups excluding carboxylic acids is 1. The second-order valence-electron chi connectivity index (χ2n) is 5.97. The summed E-state index contributed by atoms with van der Waals surface area (Å²) in [6.07, 6.45) is 5.11. The Bertz CT molecular complexity index is 570. The minimum atomic E-state index is -0.488. The molecule has 0 saturated heterocycles. The summed E-state index contributed by atoms with van der Waals surface area (Å²) in [5.74, 6) is 1.92. The number of benzene rings is 1. The van der Waals surface area contributed by atoms with Gasteiger partial charge in [-0.25, -0.2) is 0 Å². The lowest BCUT2D eigenvalue weighted by Crippen LogP contribution is -2.31. The Labute approximate surface area is 131 Å². The van der Waals surface area contributed by atoms with Crippen LogP contribution in [0.5, 0.6) is 0 Å². The van der Waals surface area contributed by atoms with E-state index in [0.29, 0.717) is 22.5 Å². The molecule has 0 heterocycles. The van der Waals surface area contributed by atoms with Crippen molar-refractivity contribution in [3.8, 4) is 0 Å². The van der Waals surface area contributed by atoms with Crippen molar-refractivity contribution in [1.82, 2.24) is 5.32 Å². The molecule has 1 amide bonds. The van der Waals surface area contributed by atoms with E-state index in [9.17, 15) is 14.9 Å². The van der Waals surface area contributed by atoms with Gasteiger partial charge in [0.1, 0.15) is 0 Å². The van der Waals surface area contributed by atoms with Crippen molar-refractivity contribution in [3.63, 3.8) is 0 Å². The summed E-state index contributed by atoms with van der Waals surface area (Å²) >= 11 is 3.12. The molecular weight excluding hydrogens is 336 g/mol. The minimum absolute atomic E-state index is 0.0800. The van der Waals surface area contributed by atoms with Crippen molar-refractivity contribution in [2.24, 2.45) is 17.8 Å². The molecule has 5 nitrogen and oxygen atoms in total. The summed E-state index contributed by atoms with van der Waals surface area (Å²) in [5.41, 5.74) is 0.263. The number of nitro groups is 1. The summed E-state index contributed by atoms with van der Waals surface area (Å²) in [5, 5.41) is 13.9. The maximum absolute atomic E-state index is 12.2. The van der Waals surface area contributed by atoms with Crippen LogP contribution in [-0.4, -0.2) is 17.4 Å². The molecule has 0 spiro atoms. The highest BCUT2D eigenvalue weighted by Crippen LogP contribution is 2.48. The standard InChI is InChI=1S/C15H17BrN2O3/c16-13-6-5-11(7-14(13)18(20)21)15(19)17-8-12(9-1-2-9)10-3-4-10/h5-7,9-10,12H,1-4,8H2,(H,17,19). The van der Waals surface area contributed by atoms with Gasteiger partial charge in [-0.2, -0.15) is 0 Å².